The summed E-state index contributed by atoms with van der Waals surface area (Å²) in [7, 11) is 1.57. The van der Waals surface area contributed by atoms with Gasteiger partial charge in [-0.2, -0.15) is 0 Å². The summed E-state index contributed by atoms with van der Waals surface area (Å²) in [5.74, 6) is 0.213. The second kappa shape index (κ2) is 6.05. The van der Waals surface area contributed by atoms with Gasteiger partial charge in [0.2, 0.25) is 0 Å². The van der Waals surface area contributed by atoms with E-state index in [1.807, 2.05) is 20.8 Å². The van der Waals surface area contributed by atoms with Crippen molar-refractivity contribution in [3.8, 4) is 5.75 Å². The molecule has 0 bridgehead atoms. The zero-order valence-electron chi connectivity index (χ0n) is 12.8. The molecule has 0 aromatic carbocycles. The first-order chi connectivity index (χ1) is 9.81. The number of carbonyl (C=O) groups excluding carboxylic acids is 2. The lowest BCUT2D eigenvalue weighted by molar-refractivity contribution is -0.159. The fraction of sp³-hybridized carbons (Fsp3) is 0.600. The summed E-state index contributed by atoms with van der Waals surface area (Å²) in [6.45, 7) is 6.07. The van der Waals surface area contributed by atoms with Gasteiger partial charge in [0.15, 0.2) is 0 Å². The highest BCUT2D eigenvalue weighted by Crippen LogP contribution is 2.27. The number of likely N-dealkylation sites (tertiary alicyclic amines) is 1. The number of esters is 1. The molecule has 1 aromatic heterocycles. The quantitative estimate of drug-likeness (QED) is 0.805. The molecule has 1 amide bonds. The van der Waals surface area contributed by atoms with E-state index in [0.29, 0.717) is 23.6 Å². The summed E-state index contributed by atoms with van der Waals surface area (Å²) in [6, 6.07) is 1.22. The van der Waals surface area contributed by atoms with Gasteiger partial charge in [0, 0.05) is 18.0 Å². The van der Waals surface area contributed by atoms with Crippen LogP contribution in [-0.4, -0.2) is 42.1 Å². The highest BCUT2D eigenvalue weighted by Gasteiger charge is 2.37. The van der Waals surface area contributed by atoms with E-state index in [2.05, 4.69) is 0 Å². The van der Waals surface area contributed by atoms with Crippen LogP contribution in [0.5, 0.6) is 5.75 Å². The van der Waals surface area contributed by atoms with Gasteiger partial charge in [-0.15, -0.1) is 11.3 Å². The van der Waals surface area contributed by atoms with E-state index in [1.165, 1.54) is 11.3 Å². The van der Waals surface area contributed by atoms with Crippen LogP contribution in [0.15, 0.2) is 11.4 Å². The van der Waals surface area contributed by atoms with E-state index in [0.717, 1.165) is 6.42 Å². The number of amides is 1. The number of ether oxygens (including phenoxy) is 2. The number of hydrogen-bond acceptors (Lipinski definition) is 5. The van der Waals surface area contributed by atoms with Crippen molar-refractivity contribution >= 4 is 23.2 Å². The molecule has 0 radical (unpaired) electrons. The fourth-order valence-corrected chi connectivity index (χ4v) is 3.11. The molecule has 116 valence electrons. The lowest BCUT2D eigenvalue weighted by Gasteiger charge is -2.27. The Hall–Kier alpha value is -1.56. The molecule has 0 N–H and O–H groups in total. The number of methoxy groups -OCH3 is 1. The maximum atomic E-state index is 12.5. The molecule has 0 aliphatic carbocycles. The molecule has 1 atom stereocenters. The first-order valence-corrected chi connectivity index (χ1v) is 7.86. The van der Waals surface area contributed by atoms with E-state index in [4.69, 9.17) is 9.47 Å². The van der Waals surface area contributed by atoms with Gasteiger partial charge in [-0.25, -0.2) is 4.79 Å². The molecule has 0 saturated carbocycles. The molecule has 6 heteroatoms. The molecule has 1 saturated heterocycles. The molecule has 1 aromatic rings. The zero-order valence-corrected chi connectivity index (χ0v) is 13.7. The maximum absolute atomic E-state index is 12.5. The third-order valence-corrected chi connectivity index (χ3v) is 4.11. The molecule has 5 nitrogen and oxygen atoms in total. The Morgan fingerprint density at radius 1 is 1.38 bits per heavy atom. The van der Waals surface area contributed by atoms with Gasteiger partial charge >= 0.3 is 5.97 Å². The van der Waals surface area contributed by atoms with Gasteiger partial charge in [-0.1, -0.05) is 0 Å². The Kier molecular flexibility index (Phi) is 4.56. The first kappa shape index (κ1) is 15.8. The highest BCUT2D eigenvalue weighted by atomic mass is 32.1. The van der Waals surface area contributed by atoms with Crippen molar-refractivity contribution in [2.24, 2.45) is 0 Å². The Labute approximate surface area is 128 Å². The topological polar surface area (TPSA) is 55.8 Å². The summed E-state index contributed by atoms with van der Waals surface area (Å²) in [5, 5.41) is 1.78. The van der Waals surface area contributed by atoms with Gasteiger partial charge in [0.05, 0.1) is 12.0 Å². The Bertz CT molecular complexity index is 532. The monoisotopic (exact) mass is 311 g/mol. The van der Waals surface area contributed by atoms with Crippen LogP contribution < -0.4 is 4.74 Å². The SMILES string of the molecule is COc1csc(C(=O)N2CCC[C@H]2C(=O)OC(C)(C)C)c1. The predicted octanol–water partition coefficient (Wildman–Crippen LogP) is 2.70. The third-order valence-electron chi connectivity index (χ3n) is 3.21. The van der Waals surface area contributed by atoms with Gasteiger partial charge in [-0.3, -0.25) is 4.79 Å². The lowest BCUT2D eigenvalue weighted by atomic mass is 10.1. The van der Waals surface area contributed by atoms with E-state index < -0.39 is 11.6 Å². The van der Waals surface area contributed by atoms with Crippen LogP contribution in [0.4, 0.5) is 0 Å². The summed E-state index contributed by atoms with van der Waals surface area (Å²) < 4.78 is 10.5. The minimum absolute atomic E-state index is 0.128. The molecule has 1 fully saturated rings. The van der Waals surface area contributed by atoms with E-state index in [1.54, 1.807) is 23.5 Å². The van der Waals surface area contributed by atoms with E-state index in [9.17, 15) is 9.59 Å². The normalized spacial score (nSPS) is 18.7. The second-order valence-electron chi connectivity index (χ2n) is 6.04. The molecule has 2 rings (SSSR count). The molecule has 1 aliphatic rings. The van der Waals surface area contributed by atoms with Gasteiger partial charge in [0.1, 0.15) is 17.4 Å². The number of thiophene rings is 1. The van der Waals surface area contributed by atoms with Gasteiger partial charge < -0.3 is 14.4 Å². The Balaban J connectivity index is 2.11. The van der Waals surface area contributed by atoms with Crippen molar-refractivity contribution in [1.82, 2.24) is 4.90 Å². The summed E-state index contributed by atoms with van der Waals surface area (Å²) in [5.41, 5.74) is -0.541. The first-order valence-electron chi connectivity index (χ1n) is 6.98. The van der Waals surface area contributed by atoms with Crippen LogP contribution in [0.2, 0.25) is 0 Å². The fourth-order valence-electron chi connectivity index (χ4n) is 2.30. The molecule has 0 unspecified atom stereocenters. The molecule has 2 heterocycles. The minimum Gasteiger partial charge on any atom is -0.496 e. The van der Waals surface area contributed by atoms with Crippen LogP contribution >= 0.6 is 11.3 Å². The number of hydrogen-bond donors (Lipinski definition) is 0. The van der Waals surface area contributed by atoms with Crippen LogP contribution in [0.25, 0.3) is 0 Å². The molecule has 0 spiro atoms. The maximum Gasteiger partial charge on any atom is 0.329 e. The summed E-state index contributed by atoms with van der Waals surface area (Å²) >= 11 is 1.33. The minimum atomic E-state index is -0.541. The molecule has 21 heavy (non-hydrogen) atoms. The van der Waals surface area contributed by atoms with Crippen LogP contribution in [0.1, 0.15) is 43.3 Å². The second-order valence-corrected chi connectivity index (χ2v) is 6.95. The van der Waals surface area contributed by atoms with Crippen molar-refractivity contribution < 1.29 is 19.1 Å². The number of carbonyl (C=O) groups is 2. The van der Waals surface area contributed by atoms with Crippen LogP contribution in [0.3, 0.4) is 0 Å². The Morgan fingerprint density at radius 2 is 2.10 bits per heavy atom. The number of rotatable bonds is 3. The average Bonchev–Trinajstić information content (AvgIpc) is 3.05. The molecule has 1 aliphatic heterocycles. The average molecular weight is 311 g/mol. The van der Waals surface area contributed by atoms with E-state index >= 15 is 0 Å². The van der Waals surface area contributed by atoms with Crippen molar-refractivity contribution in [3.05, 3.63) is 16.3 Å². The standard InChI is InChI=1S/C15H21NO4S/c1-15(2,3)20-14(18)11-6-5-7-16(11)13(17)12-8-10(19-4)9-21-12/h8-9,11H,5-7H2,1-4H3/t11-/m0/s1. The third kappa shape index (κ3) is 3.75. The lowest BCUT2D eigenvalue weighted by Crippen LogP contribution is -2.43. The summed E-state index contributed by atoms with van der Waals surface area (Å²) in [6.07, 6.45) is 1.47. The zero-order chi connectivity index (χ0) is 15.6. The smallest absolute Gasteiger partial charge is 0.329 e. The molecular formula is C15H21NO4S. The number of nitrogens with zero attached hydrogens (tertiary/aromatic N) is 1. The predicted molar refractivity (Wildman–Crippen MR) is 80.8 cm³/mol. The highest BCUT2D eigenvalue weighted by molar-refractivity contribution is 7.12. The largest absolute Gasteiger partial charge is 0.496 e. The summed E-state index contributed by atoms with van der Waals surface area (Å²) in [4.78, 5) is 27.0. The van der Waals surface area contributed by atoms with Crippen molar-refractivity contribution in [1.29, 1.82) is 0 Å². The van der Waals surface area contributed by atoms with Crippen molar-refractivity contribution in [2.45, 2.75) is 45.3 Å². The van der Waals surface area contributed by atoms with Gasteiger partial charge in [-0.05, 0) is 33.6 Å². The van der Waals surface area contributed by atoms with Gasteiger partial charge in [0.25, 0.3) is 5.91 Å². The van der Waals surface area contributed by atoms with E-state index in [-0.39, 0.29) is 11.9 Å². The van der Waals surface area contributed by atoms with Crippen molar-refractivity contribution in [3.63, 3.8) is 0 Å². The Morgan fingerprint density at radius 3 is 2.67 bits per heavy atom. The molecular weight excluding hydrogens is 290 g/mol. The van der Waals surface area contributed by atoms with Crippen LogP contribution in [0, 0.1) is 0 Å². The van der Waals surface area contributed by atoms with Crippen molar-refractivity contribution in [2.75, 3.05) is 13.7 Å². The van der Waals surface area contributed by atoms with Crippen LogP contribution in [-0.2, 0) is 9.53 Å².